The van der Waals surface area contributed by atoms with Crippen molar-refractivity contribution >= 4 is 35.1 Å². The van der Waals surface area contributed by atoms with Crippen LogP contribution in [0.15, 0.2) is 49.6 Å². The third kappa shape index (κ3) is 4.70. The number of halogens is 1. The molecule has 0 aliphatic carbocycles. The number of benzene rings is 1. The summed E-state index contributed by atoms with van der Waals surface area (Å²) >= 11 is 6.53. The zero-order valence-corrected chi connectivity index (χ0v) is 23.7. The Kier molecular flexibility index (Phi) is 8.59. The van der Waals surface area contributed by atoms with Crippen LogP contribution in [0.5, 0.6) is 0 Å². The average molecular weight is 559 g/mol. The molecule has 1 N–H and O–H groups in total. The molecule has 0 radical (unpaired) electrons. The molecule has 2 unspecified atom stereocenters. The van der Waals surface area contributed by atoms with Gasteiger partial charge < -0.3 is 24.4 Å². The molecule has 3 heterocycles. The van der Waals surface area contributed by atoms with Crippen molar-refractivity contribution in [2.24, 2.45) is 17.8 Å². The number of likely N-dealkylation sites (tertiary alicyclic amines) is 1. The van der Waals surface area contributed by atoms with E-state index in [1.165, 1.54) is 15.9 Å². The van der Waals surface area contributed by atoms with Gasteiger partial charge in [-0.15, -0.1) is 6.58 Å². The fourth-order valence-electron chi connectivity index (χ4n) is 6.99. The minimum atomic E-state index is -1.24. The second-order valence-electron chi connectivity index (χ2n) is 11.2. The fourth-order valence-corrected chi connectivity index (χ4v) is 7.23. The van der Waals surface area contributed by atoms with E-state index >= 15 is 0 Å². The first kappa shape index (κ1) is 29.3. The highest BCUT2D eigenvalue weighted by Gasteiger charge is 2.79. The van der Waals surface area contributed by atoms with Crippen LogP contribution >= 0.6 is 11.6 Å². The average Bonchev–Trinajstić information content (AvgIpc) is 3.52. The topological polar surface area (TPSA) is 96.4 Å². The lowest BCUT2D eigenvalue weighted by atomic mass is 9.65. The van der Waals surface area contributed by atoms with E-state index in [0.29, 0.717) is 36.4 Å². The SMILES string of the molecule is C=CCOC(=O)[C@H]1[C@H]2C(=O)N([C@@H](CO)CC(C)C)C(C(=O)N(CC=C)c3ccccc3Cl)C23CC[C@]1(CC)O3. The number of nitrogens with zero attached hydrogens (tertiary/aromatic N) is 2. The highest BCUT2D eigenvalue weighted by atomic mass is 35.5. The predicted molar refractivity (Wildman–Crippen MR) is 149 cm³/mol. The van der Waals surface area contributed by atoms with Crippen LogP contribution in [-0.2, 0) is 23.9 Å². The van der Waals surface area contributed by atoms with Gasteiger partial charge in [0.1, 0.15) is 24.2 Å². The number of anilines is 1. The van der Waals surface area contributed by atoms with Crippen LogP contribution in [0.2, 0.25) is 5.02 Å². The van der Waals surface area contributed by atoms with Crippen molar-refractivity contribution in [3.05, 3.63) is 54.6 Å². The first-order valence-corrected chi connectivity index (χ1v) is 14.1. The number of aliphatic hydroxyl groups is 1. The normalized spacial score (nSPS) is 29.8. The van der Waals surface area contributed by atoms with Gasteiger partial charge in [0.15, 0.2) is 0 Å². The molecule has 6 atom stereocenters. The molecule has 4 rings (SSSR count). The Morgan fingerprint density at radius 2 is 2.00 bits per heavy atom. The van der Waals surface area contributed by atoms with Crippen LogP contribution in [-0.4, -0.2) is 70.8 Å². The third-order valence-electron chi connectivity index (χ3n) is 8.52. The van der Waals surface area contributed by atoms with Crippen LogP contribution in [0.25, 0.3) is 0 Å². The van der Waals surface area contributed by atoms with E-state index in [4.69, 9.17) is 21.1 Å². The first-order chi connectivity index (χ1) is 18.6. The van der Waals surface area contributed by atoms with Crippen molar-refractivity contribution in [3.63, 3.8) is 0 Å². The Bertz CT molecular complexity index is 1140. The summed E-state index contributed by atoms with van der Waals surface area (Å²) in [4.78, 5) is 45.5. The Morgan fingerprint density at radius 1 is 1.28 bits per heavy atom. The van der Waals surface area contributed by atoms with Gasteiger partial charge in [0.2, 0.25) is 5.91 Å². The third-order valence-corrected chi connectivity index (χ3v) is 8.84. The van der Waals surface area contributed by atoms with Gasteiger partial charge in [-0.2, -0.15) is 0 Å². The van der Waals surface area contributed by atoms with Gasteiger partial charge in [0.05, 0.1) is 34.9 Å². The minimum Gasteiger partial charge on any atom is -0.461 e. The number of hydrogen-bond acceptors (Lipinski definition) is 6. The maximum absolute atomic E-state index is 14.7. The lowest BCUT2D eigenvalue weighted by molar-refractivity contribution is -0.161. The molecule has 39 heavy (non-hydrogen) atoms. The van der Waals surface area contributed by atoms with E-state index in [1.54, 1.807) is 30.3 Å². The predicted octanol–water partition coefficient (Wildman–Crippen LogP) is 4.15. The van der Waals surface area contributed by atoms with Gasteiger partial charge in [-0.3, -0.25) is 14.4 Å². The Hall–Kier alpha value is -2.68. The highest BCUT2D eigenvalue weighted by molar-refractivity contribution is 6.34. The van der Waals surface area contributed by atoms with E-state index in [1.807, 2.05) is 20.8 Å². The number of ether oxygens (including phenoxy) is 2. The Balaban J connectivity index is 1.88. The molecular formula is C30H39ClN2O6. The quantitative estimate of drug-likeness (QED) is 0.306. The zero-order chi connectivity index (χ0) is 28.5. The molecule has 2 amide bonds. The van der Waals surface area contributed by atoms with Gasteiger partial charge in [-0.25, -0.2) is 0 Å². The molecule has 3 aliphatic rings. The van der Waals surface area contributed by atoms with Crippen molar-refractivity contribution in [2.45, 2.75) is 69.7 Å². The largest absolute Gasteiger partial charge is 0.461 e. The maximum Gasteiger partial charge on any atom is 0.313 e. The minimum absolute atomic E-state index is 0.0152. The Morgan fingerprint density at radius 3 is 2.59 bits per heavy atom. The molecule has 3 saturated heterocycles. The van der Waals surface area contributed by atoms with Gasteiger partial charge in [-0.05, 0) is 43.7 Å². The van der Waals surface area contributed by atoms with E-state index in [2.05, 4.69) is 13.2 Å². The monoisotopic (exact) mass is 558 g/mol. The van der Waals surface area contributed by atoms with E-state index in [9.17, 15) is 19.5 Å². The van der Waals surface area contributed by atoms with Crippen molar-refractivity contribution in [1.29, 1.82) is 0 Å². The smallest absolute Gasteiger partial charge is 0.313 e. The summed E-state index contributed by atoms with van der Waals surface area (Å²) in [5, 5.41) is 10.9. The first-order valence-electron chi connectivity index (χ1n) is 13.7. The van der Waals surface area contributed by atoms with Crippen molar-refractivity contribution in [1.82, 2.24) is 4.90 Å². The highest BCUT2D eigenvalue weighted by Crippen LogP contribution is 2.65. The molecule has 1 aromatic rings. The van der Waals surface area contributed by atoms with E-state index in [-0.39, 0.29) is 37.5 Å². The lowest BCUT2D eigenvalue weighted by Crippen LogP contribution is -2.59. The van der Waals surface area contributed by atoms with E-state index < -0.39 is 41.1 Å². The maximum atomic E-state index is 14.7. The molecule has 0 aromatic heterocycles. The Labute approximate surface area is 235 Å². The second-order valence-corrected chi connectivity index (χ2v) is 11.6. The molecule has 1 aromatic carbocycles. The summed E-state index contributed by atoms with van der Waals surface area (Å²) < 4.78 is 12.3. The van der Waals surface area contributed by atoms with Crippen molar-refractivity contribution in [2.75, 3.05) is 24.7 Å². The molecule has 8 nitrogen and oxygen atoms in total. The summed E-state index contributed by atoms with van der Waals surface area (Å²) in [5.41, 5.74) is -1.67. The van der Waals surface area contributed by atoms with Crippen LogP contribution < -0.4 is 4.90 Å². The standard InChI is InChI=1S/C30H39ClN2O6/c1-6-15-32(22-12-10-9-11-21(22)31)27(36)25-30-14-13-29(8-3,39-30)24(28(37)38-16-7-2)23(30)26(35)33(25)20(18-34)17-19(4)5/h6-7,9-12,19-20,23-25,34H,1-2,8,13-18H2,3-5H3/t20-,23+,24-,25?,29+,30?/m1/s1. The summed E-state index contributed by atoms with van der Waals surface area (Å²) in [6.45, 7) is 13.2. The fraction of sp³-hybridized carbons (Fsp3) is 0.567. The molecule has 3 fully saturated rings. The number of carbonyl (C=O) groups excluding carboxylic acids is 3. The van der Waals surface area contributed by atoms with E-state index in [0.717, 1.165) is 0 Å². The molecular weight excluding hydrogens is 520 g/mol. The van der Waals surface area contributed by atoms with Crippen molar-refractivity contribution in [3.8, 4) is 0 Å². The summed E-state index contributed by atoms with van der Waals surface area (Å²) in [5.74, 6) is -2.90. The molecule has 3 aliphatic heterocycles. The molecule has 212 valence electrons. The number of esters is 1. The number of amides is 2. The molecule has 2 bridgehead atoms. The van der Waals surface area contributed by atoms with Gasteiger partial charge in [0, 0.05) is 6.54 Å². The van der Waals surface area contributed by atoms with Crippen LogP contribution in [0.1, 0.15) is 46.5 Å². The summed E-state index contributed by atoms with van der Waals surface area (Å²) in [7, 11) is 0. The van der Waals surface area contributed by atoms with Gasteiger partial charge in [-0.1, -0.05) is 63.2 Å². The second kappa shape index (κ2) is 11.4. The van der Waals surface area contributed by atoms with Gasteiger partial charge >= 0.3 is 5.97 Å². The lowest BCUT2D eigenvalue weighted by Gasteiger charge is -2.40. The number of carbonyl (C=O) groups is 3. The zero-order valence-electron chi connectivity index (χ0n) is 23.0. The molecule has 1 spiro atoms. The summed E-state index contributed by atoms with van der Waals surface area (Å²) in [6, 6.07) is 5.31. The number of para-hydroxylation sites is 1. The van der Waals surface area contributed by atoms with Crippen LogP contribution in [0.4, 0.5) is 5.69 Å². The molecule has 0 saturated carbocycles. The van der Waals surface area contributed by atoms with Crippen LogP contribution in [0.3, 0.4) is 0 Å². The molecule has 9 heteroatoms. The number of aliphatic hydroxyl groups excluding tert-OH is 1. The number of fused-ring (bicyclic) bond motifs is 1. The number of rotatable bonds is 12. The summed E-state index contributed by atoms with van der Waals surface area (Å²) in [6.07, 6.45) is 5.00. The van der Waals surface area contributed by atoms with Crippen molar-refractivity contribution < 1.29 is 29.0 Å². The number of hydrogen-bond donors (Lipinski definition) is 1. The van der Waals surface area contributed by atoms with Gasteiger partial charge in [0.25, 0.3) is 5.91 Å². The van der Waals surface area contributed by atoms with Crippen LogP contribution in [0, 0.1) is 17.8 Å².